The highest BCUT2D eigenvalue weighted by atomic mass is 79.9. The number of carbonyl (C=O) groups excluding carboxylic acids is 2. The maximum absolute atomic E-state index is 11.7. The van der Waals surface area contributed by atoms with Gasteiger partial charge in [0.2, 0.25) is 5.91 Å². The molecule has 2 N–H and O–H groups in total. The van der Waals surface area contributed by atoms with Gasteiger partial charge in [0.1, 0.15) is 5.75 Å². The van der Waals surface area contributed by atoms with E-state index in [0.717, 1.165) is 4.47 Å². The van der Waals surface area contributed by atoms with Crippen LogP contribution in [0.4, 0.5) is 4.79 Å². The smallest absolute Gasteiger partial charge is 0.317 e. The lowest BCUT2D eigenvalue weighted by Crippen LogP contribution is -2.42. The quantitative estimate of drug-likeness (QED) is 0.554. The zero-order chi connectivity index (χ0) is 18.7. The first-order valence-corrected chi connectivity index (χ1v) is 9.52. The first kappa shape index (κ1) is 21.6. The van der Waals surface area contributed by atoms with Gasteiger partial charge in [-0.3, -0.25) is 4.79 Å². The Hall–Kier alpha value is -1.47. The van der Waals surface area contributed by atoms with Crippen molar-refractivity contribution in [2.45, 2.75) is 26.7 Å². The Labute approximate surface area is 162 Å². The molecule has 0 spiro atoms. The van der Waals surface area contributed by atoms with Crippen LogP contribution in [0, 0.1) is 0 Å². The number of nitrogens with one attached hydrogen (secondary N) is 2. The average molecular weight is 435 g/mol. The number of ether oxygens (including phenoxy) is 1. The van der Waals surface area contributed by atoms with Gasteiger partial charge in [-0.05, 0) is 38.5 Å². The van der Waals surface area contributed by atoms with E-state index in [-0.39, 0.29) is 11.9 Å². The molecule has 25 heavy (non-hydrogen) atoms. The summed E-state index contributed by atoms with van der Waals surface area (Å²) in [4.78, 5) is 25.1. The fraction of sp³-hybridized carbons (Fsp3) is 0.529. The highest BCUT2D eigenvalue weighted by Crippen LogP contribution is 2.27. The van der Waals surface area contributed by atoms with Crippen molar-refractivity contribution >= 4 is 39.5 Å². The Balaban J connectivity index is 2.12. The number of urea groups is 1. The summed E-state index contributed by atoms with van der Waals surface area (Å²) in [5.41, 5.74) is 0. The number of rotatable bonds is 10. The molecule has 0 saturated heterocycles. The van der Waals surface area contributed by atoms with E-state index in [1.807, 2.05) is 19.9 Å². The largest absolute Gasteiger partial charge is 0.492 e. The lowest BCUT2D eigenvalue weighted by atomic mass is 10.3. The summed E-state index contributed by atoms with van der Waals surface area (Å²) < 4.78 is 6.44. The van der Waals surface area contributed by atoms with Crippen LogP contribution in [0.5, 0.6) is 5.75 Å². The fourth-order valence-corrected chi connectivity index (χ4v) is 2.82. The number of carbonyl (C=O) groups is 2. The number of hydrogen-bond donors (Lipinski definition) is 2. The van der Waals surface area contributed by atoms with E-state index < -0.39 is 0 Å². The van der Waals surface area contributed by atoms with Gasteiger partial charge in [0.25, 0.3) is 0 Å². The standard InChI is InChI=1S/C17H25BrClN3O3/c1-3-22(4-2)17(24)21-10-9-20-16(23)6-5-11-25-15-8-7-13(18)12-14(15)19/h7-8,12H,3-6,9-11H2,1-2H3,(H,20,23)(H,21,24). The molecule has 0 aliphatic heterocycles. The third kappa shape index (κ3) is 8.45. The molecule has 140 valence electrons. The topological polar surface area (TPSA) is 70.7 Å². The van der Waals surface area contributed by atoms with E-state index in [1.165, 1.54) is 0 Å². The summed E-state index contributed by atoms with van der Waals surface area (Å²) in [6.45, 7) is 6.40. The van der Waals surface area contributed by atoms with Crippen molar-refractivity contribution in [3.05, 3.63) is 27.7 Å². The van der Waals surface area contributed by atoms with Crippen LogP contribution < -0.4 is 15.4 Å². The van der Waals surface area contributed by atoms with Gasteiger partial charge in [0.05, 0.1) is 11.6 Å². The molecule has 6 nitrogen and oxygen atoms in total. The Kier molecular flexibility index (Phi) is 10.3. The van der Waals surface area contributed by atoms with E-state index in [0.29, 0.717) is 56.4 Å². The van der Waals surface area contributed by atoms with E-state index in [2.05, 4.69) is 26.6 Å². The molecule has 0 aliphatic carbocycles. The van der Waals surface area contributed by atoms with Gasteiger partial charge < -0.3 is 20.3 Å². The number of amides is 3. The van der Waals surface area contributed by atoms with Crippen LogP contribution in [0.2, 0.25) is 5.02 Å². The van der Waals surface area contributed by atoms with Crippen LogP contribution in [-0.2, 0) is 4.79 Å². The Morgan fingerprint density at radius 2 is 1.88 bits per heavy atom. The van der Waals surface area contributed by atoms with Crippen LogP contribution >= 0.6 is 27.5 Å². The molecule has 0 saturated carbocycles. The van der Waals surface area contributed by atoms with Crippen molar-refractivity contribution in [3.8, 4) is 5.75 Å². The van der Waals surface area contributed by atoms with E-state index in [9.17, 15) is 9.59 Å². The van der Waals surface area contributed by atoms with Crippen LogP contribution in [0.25, 0.3) is 0 Å². The first-order chi connectivity index (χ1) is 12.0. The third-order valence-corrected chi connectivity index (χ3v) is 4.26. The maximum Gasteiger partial charge on any atom is 0.317 e. The molecule has 0 heterocycles. The molecule has 0 aromatic heterocycles. The molecule has 0 bridgehead atoms. The fourth-order valence-electron chi connectivity index (χ4n) is 2.09. The summed E-state index contributed by atoms with van der Waals surface area (Å²) in [6.07, 6.45) is 0.947. The predicted octanol–water partition coefficient (Wildman–Crippen LogP) is 3.43. The van der Waals surface area contributed by atoms with Crippen molar-refractivity contribution in [3.63, 3.8) is 0 Å². The van der Waals surface area contributed by atoms with Crippen molar-refractivity contribution < 1.29 is 14.3 Å². The second kappa shape index (κ2) is 12.0. The molecular weight excluding hydrogens is 410 g/mol. The third-order valence-electron chi connectivity index (χ3n) is 3.47. The van der Waals surface area contributed by atoms with Gasteiger partial charge >= 0.3 is 6.03 Å². The maximum atomic E-state index is 11.7. The second-order valence-electron chi connectivity index (χ2n) is 5.28. The van der Waals surface area contributed by atoms with Gasteiger partial charge in [0.15, 0.2) is 0 Å². The molecule has 3 amide bonds. The lowest BCUT2D eigenvalue weighted by molar-refractivity contribution is -0.121. The first-order valence-electron chi connectivity index (χ1n) is 8.35. The highest BCUT2D eigenvalue weighted by Gasteiger charge is 2.08. The summed E-state index contributed by atoms with van der Waals surface area (Å²) >= 11 is 9.38. The highest BCUT2D eigenvalue weighted by molar-refractivity contribution is 9.10. The van der Waals surface area contributed by atoms with Gasteiger partial charge in [-0.1, -0.05) is 27.5 Å². The molecule has 0 radical (unpaired) electrons. The Bertz CT molecular complexity index is 568. The number of halogens is 2. The van der Waals surface area contributed by atoms with Gasteiger partial charge in [-0.15, -0.1) is 0 Å². The molecule has 1 aromatic carbocycles. The molecule has 0 aliphatic rings. The van der Waals surface area contributed by atoms with Crippen LogP contribution in [0.3, 0.4) is 0 Å². The van der Waals surface area contributed by atoms with Crippen molar-refractivity contribution in [2.24, 2.45) is 0 Å². The molecule has 1 aromatic rings. The van der Waals surface area contributed by atoms with Gasteiger partial charge in [-0.25, -0.2) is 4.79 Å². The van der Waals surface area contributed by atoms with Gasteiger partial charge in [0, 0.05) is 37.1 Å². The summed E-state index contributed by atoms with van der Waals surface area (Å²) in [5.74, 6) is 0.534. The molecule has 0 fully saturated rings. The van der Waals surface area contributed by atoms with E-state index in [4.69, 9.17) is 16.3 Å². The number of hydrogen-bond acceptors (Lipinski definition) is 3. The monoisotopic (exact) mass is 433 g/mol. The SMILES string of the molecule is CCN(CC)C(=O)NCCNC(=O)CCCOc1ccc(Br)cc1Cl. The molecule has 1 rings (SSSR count). The normalized spacial score (nSPS) is 10.2. The average Bonchev–Trinajstić information content (AvgIpc) is 2.58. The minimum absolute atomic E-state index is 0.0670. The molecule has 0 atom stereocenters. The van der Waals surface area contributed by atoms with Crippen LogP contribution in [0.1, 0.15) is 26.7 Å². The molecule has 8 heteroatoms. The number of nitrogens with zero attached hydrogens (tertiary/aromatic N) is 1. The summed E-state index contributed by atoms with van der Waals surface area (Å²) in [6, 6.07) is 5.28. The zero-order valence-corrected chi connectivity index (χ0v) is 17.0. The minimum atomic E-state index is -0.112. The second-order valence-corrected chi connectivity index (χ2v) is 6.60. The zero-order valence-electron chi connectivity index (χ0n) is 14.6. The summed E-state index contributed by atoms with van der Waals surface area (Å²) in [7, 11) is 0. The van der Waals surface area contributed by atoms with Crippen molar-refractivity contribution in [1.82, 2.24) is 15.5 Å². The van der Waals surface area contributed by atoms with Crippen LogP contribution in [-0.4, -0.2) is 49.6 Å². The Morgan fingerprint density at radius 1 is 1.20 bits per heavy atom. The van der Waals surface area contributed by atoms with E-state index >= 15 is 0 Å². The summed E-state index contributed by atoms with van der Waals surface area (Å²) in [5, 5.41) is 6.07. The lowest BCUT2D eigenvalue weighted by Gasteiger charge is -2.19. The molecular formula is C17H25BrClN3O3. The van der Waals surface area contributed by atoms with Crippen LogP contribution in [0.15, 0.2) is 22.7 Å². The van der Waals surface area contributed by atoms with E-state index in [1.54, 1.807) is 17.0 Å². The van der Waals surface area contributed by atoms with Gasteiger partial charge in [-0.2, -0.15) is 0 Å². The van der Waals surface area contributed by atoms with Crippen molar-refractivity contribution in [1.29, 1.82) is 0 Å². The van der Waals surface area contributed by atoms with Crippen molar-refractivity contribution in [2.75, 3.05) is 32.8 Å². The molecule has 0 unspecified atom stereocenters. The minimum Gasteiger partial charge on any atom is -0.492 e. The number of benzene rings is 1. The predicted molar refractivity (Wildman–Crippen MR) is 103 cm³/mol. The Morgan fingerprint density at radius 3 is 2.52 bits per heavy atom.